The molecule has 0 spiro atoms. The van der Waals surface area contributed by atoms with Gasteiger partial charge in [-0.05, 0) is 37.5 Å². The molecule has 1 atom stereocenters. The van der Waals surface area contributed by atoms with E-state index in [9.17, 15) is 0 Å². The van der Waals surface area contributed by atoms with Gasteiger partial charge in [0.1, 0.15) is 0 Å². The highest BCUT2D eigenvalue weighted by molar-refractivity contribution is 6.11. The van der Waals surface area contributed by atoms with Gasteiger partial charge in [-0.25, -0.2) is 0 Å². The summed E-state index contributed by atoms with van der Waals surface area (Å²) < 4.78 is 0. The molecule has 1 unspecified atom stereocenters. The largest absolute Gasteiger partial charge is 0.298 e. The van der Waals surface area contributed by atoms with E-state index < -0.39 is 0 Å². The molecule has 0 aliphatic carbocycles. The van der Waals surface area contributed by atoms with E-state index >= 15 is 0 Å². The van der Waals surface area contributed by atoms with Crippen LogP contribution in [0.15, 0.2) is 59.2 Å². The molecule has 1 aliphatic rings. The van der Waals surface area contributed by atoms with Crippen molar-refractivity contribution in [3.63, 3.8) is 0 Å². The standard InChI is InChI=1S/C27H39N3/c1-5-11-22(4)30-19-17-29(18-20-30)21-24(7-3)28-27(12-6-2)26-16-10-14-23-13-8-9-15-25(23)26/h7-10,13-16,22H,5-6,11-12,17-21H2,1-4H3/b24-7-,28-27?. The third kappa shape index (κ3) is 5.80. The van der Waals surface area contributed by atoms with Crippen molar-refractivity contribution in [2.75, 3.05) is 32.7 Å². The van der Waals surface area contributed by atoms with Crippen LogP contribution in [0.3, 0.4) is 0 Å². The smallest absolute Gasteiger partial charge is 0.0505 e. The van der Waals surface area contributed by atoms with Gasteiger partial charge in [0, 0.05) is 50.0 Å². The van der Waals surface area contributed by atoms with E-state index in [1.165, 1.54) is 53.7 Å². The van der Waals surface area contributed by atoms with E-state index in [4.69, 9.17) is 4.99 Å². The lowest BCUT2D eigenvalue weighted by molar-refractivity contribution is 0.104. The molecular formula is C27H39N3. The van der Waals surface area contributed by atoms with Crippen LogP contribution in [0, 0.1) is 0 Å². The topological polar surface area (TPSA) is 18.8 Å². The first-order valence-corrected chi connectivity index (χ1v) is 11.8. The van der Waals surface area contributed by atoms with Gasteiger partial charge in [0.25, 0.3) is 0 Å². The minimum absolute atomic E-state index is 0.707. The lowest BCUT2D eigenvalue weighted by Gasteiger charge is -2.38. The molecule has 162 valence electrons. The van der Waals surface area contributed by atoms with Crippen LogP contribution in [0.1, 0.15) is 58.9 Å². The Bertz CT molecular complexity index is 854. The molecule has 1 heterocycles. The molecule has 0 amide bonds. The molecule has 0 bridgehead atoms. The van der Waals surface area contributed by atoms with E-state index in [-0.39, 0.29) is 0 Å². The maximum Gasteiger partial charge on any atom is 0.0505 e. The van der Waals surface area contributed by atoms with E-state index in [2.05, 4.69) is 86.0 Å². The van der Waals surface area contributed by atoms with Gasteiger partial charge < -0.3 is 0 Å². The second-order valence-corrected chi connectivity index (χ2v) is 8.57. The number of piperazine rings is 1. The van der Waals surface area contributed by atoms with Crippen LogP contribution in [0.5, 0.6) is 0 Å². The molecule has 2 aromatic carbocycles. The highest BCUT2D eigenvalue weighted by Crippen LogP contribution is 2.22. The van der Waals surface area contributed by atoms with Gasteiger partial charge in [0.2, 0.25) is 0 Å². The molecule has 0 N–H and O–H groups in total. The predicted octanol–water partition coefficient (Wildman–Crippen LogP) is 6.14. The number of hydrogen-bond acceptors (Lipinski definition) is 3. The summed E-state index contributed by atoms with van der Waals surface area (Å²) >= 11 is 0. The Balaban J connectivity index is 1.73. The Hall–Kier alpha value is -1.97. The van der Waals surface area contributed by atoms with Crippen molar-refractivity contribution >= 4 is 16.5 Å². The number of allylic oxidation sites excluding steroid dienone is 1. The van der Waals surface area contributed by atoms with Crippen molar-refractivity contribution in [1.29, 1.82) is 0 Å². The Morgan fingerprint density at radius 1 is 1.00 bits per heavy atom. The van der Waals surface area contributed by atoms with Crippen LogP contribution < -0.4 is 0 Å². The quantitative estimate of drug-likeness (QED) is 0.467. The van der Waals surface area contributed by atoms with E-state index in [1.807, 2.05) is 0 Å². The number of rotatable bonds is 9. The summed E-state index contributed by atoms with van der Waals surface area (Å²) in [7, 11) is 0. The summed E-state index contributed by atoms with van der Waals surface area (Å²) in [5.74, 6) is 0. The Morgan fingerprint density at radius 3 is 2.43 bits per heavy atom. The molecule has 3 nitrogen and oxygen atoms in total. The van der Waals surface area contributed by atoms with E-state index in [0.29, 0.717) is 6.04 Å². The molecule has 0 aromatic heterocycles. The number of benzene rings is 2. The summed E-state index contributed by atoms with van der Waals surface area (Å²) in [5.41, 5.74) is 3.70. The highest BCUT2D eigenvalue weighted by Gasteiger charge is 2.21. The SMILES string of the molecule is C/C=C(/CN1CCN(C(C)CCC)CC1)N=C(CCC)c1cccc2ccccc12. The molecule has 3 heteroatoms. The van der Waals surface area contributed by atoms with Crippen molar-refractivity contribution in [1.82, 2.24) is 9.80 Å². The Morgan fingerprint density at radius 2 is 1.73 bits per heavy atom. The van der Waals surface area contributed by atoms with Crippen molar-refractivity contribution < 1.29 is 0 Å². The van der Waals surface area contributed by atoms with Crippen LogP contribution in [0.4, 0.5) is 0 Å². The molecular weight excluding hydrogens is 366 g/mol. The van der Waals surface area contributed by atoms with Gasteiger partial charge in [0.05, 0.1) is 5.70 Å². The van der Waals surface area contributed by atoms with Gasteiger partial charge in [0.15, 0.2) is 0 Å². The summed E-state index contributed by atoms with van der Waals surface area (Å²) in [6, 6.07) is 16.0. The molecule has 1 saturated heterocycles. The van der Waals surface area contributed by atoms with Crippen molar-refractivity contribution in [3.05, 3.63) is 59.8 Å². The fourth-order valence-corrected chi connectivity index (χ4v) is 4.52. The average Bonchev–Trinajstić information content (AvgIpc) is 2.78. The van der Waals surface area contributed by atoms with Crippen molar-refractivity contribution in [2.24, 2.45) is 4.99 Å². The lowest BCUT2D eigenvalue weighted by Crippen LogP contribution is -2.49. The maximum atomic E-state index is 5.20. The summed E-state index contributed by atoms with van der Waals surface area (Å²) in [5, 5.41) is 2.60. The molecule has 30 heavy (non-hydrogen) atoms. The third-order valence-corrected chi connectivity index (χ3v) is 6.32. The first-order valence-electron chi connectivity index (χ1n) is 11.8. The molecule has 1 aliphatic heterocycles. The Kier molecular flexibility index (Phi) is 8.65. The zero-order valence-corrected chi connectivity index (χ0v) is 19.4. The predicted molar refractivity (Wildman–Crippen MR) is 132 cm³/mol. The maximum absolute atomic E-state index is 5.20. The monoisotopic (exact) mass is 405 g/mol. The van der Waals surface area contributed by atoms with Crippen LogP contribution >= 0.6 is 0 Å². The fraction of sp³-hybridized carbons (Fsp3) is 0.519. The van der Waals surface area contributed by atoms with Gasteiger partial charge in [-0.2, -0.15) is 0 Å². The van der Waals surface area contributed by atoms with Gasteiger partial charge in [-0.15, -0.1) is 0 Å². The zero-order chi connectivity index (χ0) is 21.3. The van der Waals surface area contributed by atoms with Crippen LogP contribution in [-0.2, 0) is 0 Å². The third-order valence-electron chi connectivity index (χ3n) is 6.32. The van der Waals surface area contributed by atoms with Crippen molar-refractivity contribution in [3.8, 4) is 0 Å². The molecule has 0 saturated carbocycles. The Labute approximate surface area is 183 Å². The number of nitrogens with zero attached hydrogens (tertiary/aromatic N) is 3. The van der Waals surface area contributed by atoms with Crippen molar-refractivity contribution in [2.45, 2.75) is 59.4 Å². The summed E-state index contributed by atoms with van der Waals surface area (Å²) in [4.78, 5) is 10.4. The molecule has 2 aromatic rings. The number of fused-ring (bicyclic) bond motifs is 1. The van der Waals surface area contributed by atoms with Crippen LogP contribution in [0.2, 0.25) is 0 Å². The fourth-order valence-electron chi connectivity index (χ4n) is 4.52. The van der Waals surface area contributed by atoms with Gasteiger partial charge in [-0.3, -0.25) is 14.8 Å². The van der Waals surface area contributed by atoms with Crippen LogP contribution in [-0.4, -0.2) is 54.3 Å². The first kappa shape index (κ1) is 22.7. The minimum atomic E-state index is 0.707. The second-order valence-electron chi connectivity index (χ2n) is 8.57. The summed E-state index contributed by atoms with van der Waals surface area (Å²) in [6.45, 7) is 14.6. The van der Waals surface area contributed by atoms with E-state index in [1.54, 1.807) is 0 Å². The van der Waals surface area contributed by atoms with Gasteiger partial charge >= 0.3 is 0 Å². The highest BCUT2D eigenvalue weighted by atomic mass is 15.3. The molecule has 1 fully saturated rings. The molecule has 3 rings (SSSR count). The van der Waals surface area contributed by atoms with Crippen LogP contribution in [0.25, 0.3) is 10.8 Å². The number of hydrogen-bond donors (Lipinski definition) is 0. The van der Waals surface area contributed by atoms with Gasteiger partial charge in [-0.1, -0.05) is 75.2 Å². The lowest BCUT2D eigenvalue weighted by atomic mass is 9.98. The first-order chi connectivity index (χ1) is 14.7. The summed E-state index contributed by atoms with van der Waals surface area (Å²) in [6.07, 6.45) is 6.89. The normalized spacial score (nSPS) is 18.1. The zero-order valence-electron chi connectivity index (χ0n) is 19.4. The number of aliphatic imine (C=N–C) groups is 1. The minimum Gasteiger partial charge on any atom is -0.298 e. The van der Waals surface area contributed by atoms with E-state index in [0.717, 1.165) is 32.5 Å². The average molecular weight is 406 g/mol. The second kappa shape index (κ2) is 11.4. The molecule has 0 radical (unpaired) electrons.